The Balaban J connectivity index is 2.96. The molecule has 1 heterocycles. The van der Waals surface area contributed by atoms with Crippen LogP contribution in [0.15, 0.2) is 6.07 Å². The molecular formula is C14H23ClN2O. The van der Waals surface area contributed by atoms with Crippen molar-refractivity contribution in [3.63, 3.8) is 0 Å². The van der Waals surface area contributed by atoms with Gasteiger partial charge < -0.3 is 9.64 Å². The maximum absolute atomic E-state index is 6.05. The number of halogens is 1. The minimum atomic E-state index is 0.500. The summed E-state index contributed by atoms with van der Waals surface area (Å²) in [5.41, 5.74) is 3.37. The van der Waals surface area contributed by atoms with E-state index in [1.165, 1.54) is 5.56 Å². The monoisotopic (exact) mass is 270 g/mol. The van der Waals surface area contributed by atoms with E-state index in [-0.39, 0.29) is 0 Å². The molecule has 0 amide bonds. The smallest absolute Gasteiger partial charge is 0.133 e. The van der Waals surface area contributed by atoms with Crippen LogP contribution in [0.3, 0.4) is 0 Å². The molecule has 0 unspecified atom stereocenters. The van der Waals surface area contributed by atoms with E-state index < -0.39 is 0 Å². The maximum atomic E-state index is 6.05. The van der Waals surface area contributed by atoms with E-state index in [4.69, 9.17) is 16.3 Å². The summed E-state index contributed by atoms with van der Waals surface area (Å²) in [5.74, 6) is 1.50. The SMILES string of the molecule is CCOCCN(CC)c1nc(C)cc(C)c1CCl. The molecule has 102 valence electrons. The van der Waals surface area contributed by atoms with E-state index >= 15 is 0 Å². The summed E-state index contributed by atoms with van der Waals surface area (Å²) in [6.45, 7) is 11.5. The number of ether oxygens (including phenoxy) is 1. The zero-order valence-corrected chi connectivity index (χ0v) is 12.5. The number of likely N-dealkylation sites (N-methyl/N-ethyl adjacent to an activating group) is 1. The Morgan fingerprint density at radius 3 is 2.61 bits per heavy atom. The van der Waals surface area contributed by atoms with Crippen LogP contribution in [0.4, 0.5) is 5.82 Å². The first-order chi connectivity index (χ1) is 8.63. The van der Waals surface area contributed by atoms with Crippen LogP contribution in [-0.4, -0.2) is 31.3 Å². The normalized spacial score (nSPS) is 10.7. The standard InChI is InChI=1S/C14H23ClN2O/c1-5-17(7-8-18-6-2)14-13(10-15)11(3)9-12(4)16-14/h9H,5-8,10H2,1-4H3. The molecule has 1 aromatic rings. The highest BCUT2D eigenvalue weighted by Crippen LogP contribution is 2.24. The Labute approximate surface area is 115 Å². The van der Waals surface area contributed by atoms with Crippen LogP contribution in [0, 0.1) is 13.8 Å². The third-order valence-electron chi connectivity index (χ3n) is 2.98. The van der Waals surface area contributed by atoms with Gasteiger partial charge in [0.05, 0.1) is 12.5 Å². The molecule has 0 saturated carbocycles. The maximum Gasteiger partial charge on any atom is 0.133 e. The zero-order chi connectivity index (χ0) is 13.5. The van der Waals surface area contributed by atoms with Gasteiger partial charge in [-0.25, -0.2) is 4.98 Å². The highest BCUT2D eigenvalue weighted by atomic mass is 35.5. The summed E-state index contributed by atoms with van der Waals surface area (Å²) < 4.78 is 5.42. The predicted octanol–water partition coefficient (Wildman–Crippen LogP) is 3.30. The van der Waals surface area contributed by atoms with Gasteiger partial charge in [-0.3, -0.25) is 0 Å². The predicted molar refractivity (Wildman–Crippen MR) is 77.6 cm³/mol. The highest BCUT2D eigenvalue weighted by molar-refractivity contribution is 6.17. The molecular weight excluding hydrogens is 248 g/mol. The van der Waals surface area contributed by atoms with E-state index in [9.17, 15) is 0 Å². The lowest BCUT2D eigenvalue weighted by Crippen LogP contribution is -2.29. The minimum Gasteiger partial charge on any atom is -0.380 e. The Kier molecular flexibility index (Phi) is 6.44. The summed E-state index contributed by atoms with van der Waals surface area (Å²) in [4.78, 5) is 6.87. The fourth-order valence-electron chi connectivity index (χ4n) is 2.00. The first-order valence-corrected chi connectivity index (χ1v) is 7.03. The van der Waals surface area contributed by atoms with Gasteiger partial charge in [0.15, 0.2) is 0 Å². The summed E-state index contributed by atoms with van der Waals surface area (Å²) in [7, 11) is 0. The molecule has 3 nitrogen and oxygen atoms in total. The van der Waals surface area contributed by atoms with Gasteiger partial charge in [0.2, 0.25) is 0 Å². The largest absolute Gasteiger partial charge is 0.380 e. The van der Waals surface area contributed by atoms with Crippen molar-refractivity contribution in [1.82, 2.24) is 4.98 Å². The minimum absolute atomic E-state index is 0.500. The molecule has 1 aromatic heterocycles. The van der Waals surface area contributed by atoms with Crippen molar-refractivity contribution in [2.45, 2.75) is 33.6 Å². The second kappa shape index (κ2) is 7.59. The van der Waals surface area contributed by atoms with Gasteiger partial charge >= 0.3 is 0 Å². The van der Waals surface area contributed by atoms with Crippen LogP contribution in [0.5, 0.6) is 0 Å². The van der Waals surface area contributed by atoms with Gasteiger partial charge in [0.25, 0.3) is 0 Å². The Bertz CT molecular complexity index is 382. The second-order valence-corrected chi connectivity index (χ2v) is 4.56. The highest BCUT2D eigenvalue weighted by Gasteiger charge is 2.13. The zero-order valence-electron chi connectivity index (χ0n) is 11.8. The number of alkyl halides is 1. The molecule has 0 aliphatic rings. The van der Waals surface area contributed by atoms with E-state index in [1.54, 1.807) is 0 Å². The summed E-state index contributed by atoms with van der Waals surface area (Å²) in [6, 6.07) is 2.08. The van der Waals surface area contributed by atoms with Gasteiger partial charge in [-0.1, -0.05) is 0 Å². The van der Waals surface area contributed by atoms with E-state index in [0.29, 0.717) is 5.88 Å². The molecule has 4 heteroatoms. The molecule has 1 rings (SSSR count). The molecule has 18 heavy (non-hydrogen) atoms. The van der Waals surface area contributed by atoms with Crippen molar-refractivity contribution in [2.75, 3.05) is 31.2 Å². The quantitative estimate of drug-likeness (QED) is 0.562. The van der Waals surface area contributed by atoms with E-state index in [1.807, 2.05) is 13.8 Å². The molecule has 0 aliphatic heterocycles. The van der Waals surface area contributed by atoms with Crippen LogP contribution < -0.4 is 4.90 Å². The van der Waals surface area contributed by atoms with E-state index in [0.717, 1.165) is 43.4 Å². The Morgan fingerprint density at radius 2 is 2.06 bits per heavy atom. The molecule has 0 N–H and O–H groups in total. The van der Waals surface area contributed by atoms with Gasteiger partial charge in [0.1, 0.15) is 5.82 Å². The van der Waals surface area contributed by atoms with Gasteiger partial charge in [0, 0.05) is 31.0 Å². The number of aryl methyl sites for hydroxylation is 2. The molecule has 0 spiro atoms. The third-order valence-corrected chi connectivity index (χ3v) is 3.25. The number of pyridine rings is 1. The fourth-order valence-corrected chi connectivity index (χ4v) is 2.33. The molecule has 0 aromatic carbocycles. The number of hydrogen-bond donors (Lipinski definition) is 0. The average molecular weight is 271 g/mol. The van der Waals surface area contributed by atoms with Crippen molar-refractivity contribution in [1.29, 1.82) is 0 Å². The lowest BCUT2D eigenvalue weighted by atomic mass is 10.1. The van der Waals surface area contributed by atoms with Crippen LogP contribution in [0.1, 0.15) is 30.7 Å². The molecule has 0 fully saturated rings. The van der Waals surface area contributed by atoms with Crippen molar-refractivity contribution >= 4 is 17.4 Å². The molecule has 0 bridgehead atoms. The average Bonchev–Trinajstić information content (AvgIpc) is 2.34. The van der Waals surface area contributed by atoms with Crippen molar-refractivity contribution in [2.24, 2.45) is 0 Å². The van der Waals surface area contributed by atoms with Crippen LogP contribution >= 0.6 is 11.6 Å². The number of aromatic nitrogens is 1. The summed E-state index contributed by atoms with van der Waals surface area (Å²) in [5, 5.41) is 0. The fraction of sp³-hybridized carbons (Fsp3) is 0.643. The first kappa shape index (κ1) is 15.3. The third kappa shape index (κ3) is 3.85. The lowest BCUT2D eigenvalue weighted by molar-refractivity contribution is 0.154. The number of anilines is 1. The Hall–Kier alpha value is -0.800. The van der Waals surface area contributed by atoms with Gasteiger partial charge in [-0.15, -0.1) is 11.6 Å². The lowest BCUT2D eigenvalue weighted by Gasteiger charge is -2.25. The molecule has 0 radical (unpaired) electrons. The molecule has 0 atom stereocenters. The van der Waals surface area contributed by atoms with Crippen LogP contribution in [0.2, 0.25) is 0 Å². The number of nitrogens with zero attached hydrogens (tertiary/aromatic N) is 2. The van der Waals surface area contributed by atoms with E-state index in [2.05, 4.69) is 29.8 Å². The van der Waals surface area contributed by atoms with Gasteiger partial charge in [-0.2, -0.15) is 0 Å². The van der Waals surface area contributed by atoms with Crippen LogP contribution in [0.25, 0.3) is 0 Å². The van der Waals surface area contributed by atoms with Crippen LogP contribution in [-0.2, 0) is 10.6 Å². The van der Waals surface area contributed by atoms with Crippen molar-refractivity contribution < 1.29 is 4.74 Å². The first-order valence-electron chi connectivity index (χ1n) is 6.49. The Morgan fingerprint density at radius 1 is 1.33 bits per heavy atom. The van der Waals surface area contributed by atoms with Crippen molar-refractivity contribution in [3.05, 3.63) is 22.9 Å². The number of rotatable bonds is 7. The van der Waals surface area contributed by atoms with Crippen molar-refractivity contribution in [3.8, 4) is 0 Å². The summed E-state index contributed by atoms with van der Waals surface area (Å²) in [6.07, 6.45) is 0. The topological polar surface area (TPSA) is 25.4 Å². The molecule has 0 aliphatic carbocycles. The summed E-state index contributed by atoms with van der Waals surface area (Å²) >= 11 is 6.05. The van der Waals surface area contributed by atoms with Gasteiger partial charge in [-0.05, 0) is 39.3 Å². The molecule has 0 saturated heterocycles. The second-order valence-electron chi connectivity index (χ2n) is 4.29. The number of hydrogen-bond acceptors (Lipinski definition) is 3.